The van der Waals surface area contributed by atoms with Gasteiger partial charge in [0.1, 0.15) is 0 Å². The van der Waals surface area contributed by atoms with E-state index < -0.39 is 0 Å². The Bertz CT molecular complexity index is 674. The molecule has 1 aromatic heterocycles. The Balaban J connectivity index is 1.73. The number of hydrogen-bond donors (Lipinski definition) is 1. The number of para-hydroxylation sites is 1. The fraction of sp³-hybridized carbons (Fsp3) is 0.375. The number of amides is 1. The van der Waals surface area contributed by atoms with Gasteiger partial charge in [-0.15, -0.1) is 0 Å². The third kappa shape index (κ3) is 1.68. The summed E-state index contributed by atoms with van der Waals surface area (Å²) in [6.45, 7) is 0.789. The lowest BCUT2D eigenvalue weighted by atomic mass is 10.0. The number of anilines is 1. The number of hydrogen-bond acceptors (Lipinski definition) is 2. The molecule has 0 fully saturated rings. The number of H-pyrrole nitrogens is 1. The zero-order valence-corrected chi connectivity index (χ0v) is 11.4. The molecule has 0 bridgehead atoms. The lowest BCUT2D eigenvalue weighted by Crippen LogP contribution is -2.36. The second-order valence-electron chi connectivity index (χ2n) is 5.57. The van der Waals surface area contributed by atoms with Crippen LogP contribution in [0.3, 0.4) is 0 Å². The lowest BCUT2D eigenvalue weighted by molar-refractivity contribution is 0.0979. The van der Waals surface area contributed by atoms with Crippen LogP contribution in [-0.4, -0.2) is 22.6 Å². The van der Waals surface area contributed by atoms with Gasteiger partial charge >= 0.3 is 0 Å². The van der Waals surface area contributed by atoms with E-state index in [0.29, 0.717) is 5.69 Å². The van der Waals surface area contributed by atoms with E-state index in [2.05, 4.69) is 16.3 Å². The Morgan fingerprint density at radius 2 is 2.05 bits per heavy atom. The molecule has 4 nitrogen and oxygen atoms in total. The Morgan fingerprint density at radius 1 is 1.15 bits per heavy atom. The van der Waals surface area contributed by atoms with Gasteiger partial charge in [-0.05, 0) is 43.7 Å². The summed E-state index contributed by atoms with van der Waals surface area (Å²) in [5.74, 6) is 0.0524. The smallest absolute Gasteiger partial charge is 0.279 e. The van der Waals surface area contributed by atoms with E-state index in [9.17, 15) is 4.79 Å². The molecule has 0 radical (unpaired) electrons. The first-order chi connectivity index (χ1) is 9.84. The van der Waals surface area contributed by atoms with Crippen molar-refractivity contribution in [3.63, 3.8) is 0 Å². The predicted octanol–water partition coefficient (Wildman–Crippen LogP) is 2.49. The van der Waals surface area contributed by atoms with Crippen molar-refractivity contribution in [1.82, 2.24) is 10.2 Å². The maximum atomic E-state index is 12.8. The Hall–Kier alpha value is -2.10. The fourth-order valence-corrected chi connectivity index (χ4v) is 3.37. The monoisotopic (exact) mass is 267 g/mol. The van der Waals surface area contributed by atoms with Gasteiger partial charge in [-0.25, -0.2) is 0 Å². The van der Waals surface area contributed by atoms with Crippen molar-refractivity contribution < 1.29 is 4.79 Å². The number of nitrogens with one attached hydrogen (secondary N) is 1. The second-order valence-corrected chi connectivity index (χ2v) is 5.57. The molecule has 2 aliphatic rings. The highest BCUT2D eigenvalue weighted by Gasteiger charge is 2.29. The Kier molecular flexibility index (Phi) is 2.62. The standard InChI is InChI=1S/C16H17N3O/c20-16(15-12-7-3-8-13(12)17-18-15)19-10-4-6-11-5-1-2-9-14(11)19/h1-2,5,9H,3-4,6-8,10H2,(H,17,18). The number of aryl methyl sites for hydroxylation is 2. The van der Waals surface area contributed by atoms with E-state index in [4.69, 9.17) is 0 Å². The topological polar surface area (TPSA) is 49.0 Å². The van der Waals surface area contributed by atoms with Crippen molar-refractivity contribution in [2.45, 2.75) is 32.1 Å². The quantitative estimate of drug-likeness (QED) is 0.863. The highest BCUT2D eigenvalue weighted by Crippen LogP contribution is 2.30. The number of carbonyl (C=O) groups is 1. The van der Waals surface area contributed by atoms with Gasteiger partial charge in [-0.1, -0.05) is 18.2 Å². The molecule has 20 heavy (non-hydrogen) atoms. The van der Waals surface area contributed by atoms with Gasteiger partial charge in [-0.3, -0.25) is 9.89 Å². The van der Waals surface area contributed by atoms with Crippen LogP contribution in [0.2, 0.25) is 0 Å². The first-order valence-corrected chi connectivity index (χ1v) is 7.30. The average molecular weight is 267 g/mol. The van der Waals surface area contributed by atoms with Gasteiger partial charge < -0.3 is 4.90 Å². The third-order valence-corrected chi connectivity index (χ3v) is 4.36. The van der Waals surface area contributed by atoms with Gasteiger partial charge in [0, 0.05) is 23.5 Å². The van der Waals surface area contributed by atoms with E-state index in [1.165, 1.54) is 5.56 Å². The summed E-state index contributed by atoms with van der Waals surface area (Å²) >= 11 is 0. The highest BCUT2D eigenvalue weighted by atomic mass is 16.2. The Labute approximate surface area is 117 Å². The van der Waals surface area contributed by atoms with Gasteiger partial charge in [0.25, 0.3) is 5.91 Å². The molecule has 102 valence electrons. The van der Waals surface area contributed by atoms with E-state index in [-0.39, 0.29) is 5.91 Å². The number of benzene rings is 1. The van der Waals surface area contributed by atoms with Gasteiger partial charge in [0.15, 0.2) is 5.69 Å². The van der Waals surface area contributed by atoms with Crippen LogP contribution in [0.25, 0.3) is 0 Å². The molecule has 1 aliphatic carbocycles. The number of fused-ring (bicyclic) bond motifs is 2. The average Bonchev–Trinajstić information content (AvgIpc) is 3.09. The van der Waals surface area contributed by atoms with Crippen LogP contribution in [0.15, 0.2) is 24.3 Å². The van der Waals surface area contributed by atoms with Crippen molar-refractivity contribution in [3.8, 4) is 0 Å². The van der Waals surface area contributed by atoms with Crippen molar-refractivity contribution >= 4 is 11.6 Å². The van der Waals surface area contributed by atoms with Crippen LogP contribution < -0.4 is 4.90 Å². The molecule has 0 spiro atoms. The maximum absolute atomic E-state index is 12.8. The van der Waals surface area contributed by atoms with E-state index in [0.717, 1.165) is 55.6 Å². The number of nitrogens with zero attached hydrogens (tertiary/aromatic N) is 2. The molecule has 1 aliphatic heterocycles. The summed E-state index contributed by atoms with van der Waals surface area (Å²) in [6.07, 6.45) is 5.20. The van der Waals surface area contributed by atoms with E-state index in [1.807, 2.05) is 23.1 Å². The second kappa shape index (κ2) is 4.47. The normalized spacial score (nSPS) is 16.9. The first-order valence-electron chi connectivity index (χ1n) is 7.30. The molecule has 0 saturated carbocycles. The maximum Gasteiger partial charge on any atom is 0.279 e. The van der Waals surface area contributed by atoms with E-state index in [1.54, 1.807) is 0 Å². The van der Waals surface area contributed by atoms with Crippen LogP contribution in [0.5, 0.6) is 0 Å². The van der Waals surface area contributed by atoms with Crippen LogP contribution >= 0.6 is 0 Å². The fourth-order valence-electron chi connectivity index (χ4n) is 3.37. The van der Waals surface area contributed by atoms with Crippen LogP contribution in [0.1, 0.15) is 40.2 Å². The number of aromatic nitrogens is 2. The summed E-state index contributed by atoms with van der Waals surface area (Å²) < 4.78 is 0. The molecule has 1 N–H and O–H groups in total. The largest absolute Gasteiger partial charge is 0.307 e. The number of carbonyl (C=O) groups excluding carboxylic acids is 1. The molecule has 2 heterocycles. The Morgan fingerprint density at radius 3 is 3.00 bits per heavy atom. The lowest BCUT2D eigenvalue weighted by Gasteiger charge is -2.29. The molecule has 0 unspecified atom stereocenters. The van der Waals surface area contributed by atoms with Gasteiger partial charge in [0.2, 0.25) is 0 Å². The molecule has 0 atom stereocenters. The van der Waals surface area contributed by atoms with Gasteiger partial charge in [0.05, 0.1) is 0 Å². The molecule has 2 aromatic rings. The number of rotatable bonds is 1. The molecule has 4 heteroatoms. The van der Waals surface area contributed by atoms with Crippen molar-refractivity contribution in [3.05, 3.63) is 46.8 Å². The van der Waals surface area contributed by atoms with Gasteiger partial charge in [-0.2, -0.15) is 5.10 Å². The minimum absolute atomic E-state index is 0.0524. The molecule has 1 aromatic carbocycles. The van der Waals surface area contributed by atoms with Crippen molar-refractivity contribution in [2.24, 2.45) is 0 Å². The van der Waals surface area contributed by atoms with Crippen molar-refractivity contribution in [2.75, 3.05) is 11.4 Å². The highest BCUT2D eigenvalue weighted by molar-refractivity contribution is 6.06. The SMILES string of the molecule is O=C(c1n[nH]c2c1CCC2)N1CCCc2ccccc21. The van der Waals surface area contributed by atoms with Crippen LogP contribution in [0.4, 0.5) is 5.69 Å². The summed E-state index contributed by atoms with van der Waals surface area (Å²) in [6, 6.07) is 8.20. The predicted molar refractivity (Wildman–Crippen MR) is 77.1 cm³/mol. The molecule has 0 saturated heterocycles. The number of aromatic amines is 1. The van der Waals surface area contributed by atoms with Crippen molar-refractivity contribution in [1.29, 1.82) is 0 Å². The summed E-state index contributed by atoms with van der Waals surface area (Å²) in [7, 11) is 0. The summed E-state index contributed by atoms with van der Waals surface area (Å²) in [5, 5.41) is 7.30. The minimum Gasteiger partial charge on any atom is -0.307 e. The zero-order valence-electron chi connectivity index (χ0n) is 11.4. The molecular formula is C16H17N3O. The van der Waals surface area contributed by atoms with Crippen LogP contribution in [-0.2, 0) is 19.3 Å². The van der Waals surface area contributed by atoms with E-state index >= 15 is 0 Å². The first kappa shape index (κ1) is 11.7. The molecule has 4 rings (SSSR count). The summed E-state index contributed by atoms with van der Waals surface area (Å²) in [4.78, 5) is 14.7. The third-order valence-electron chi connectivity index (χ3n) is 4.36. The summed E-state index contributed by atoms with van der Waals surface area (Å²) in [5.41, 5.74) is 5.24. The van der Waals surface area contributed by atoms with Crippen LogP contribution in [0, 0.1) is 0 Å². The molecular weight excluding hydrogens is 250 g/mol. The minimum atomic E-state index is 0.0524. The molecule has 1 amide bonds. The zero-order chi connectivity index (χ0) is 13.5.